The Morgan fingerprint density at radius 1 is 0.781 bits per heavy atom. The second-order valence-electron chi connectivity index (χ2n) is 7.32. The standard InChI is InChI=1S/C25H25ClN2O4/c1-16-7-6-8-21(15-16)31-17(2)24(29)27-19-11-13-20(14-12-19)28-25(30)18(3)32-23-10-5-4-9-22(23)26/h4-15,17-18H,1-3H3,(H,27,29)(H,28,30). The number of anilines is 2. The summed E-state index contributed by atoms with van der Waals surface area (Å²) in [7, 11) is 0. The molecule has 2 atom stereocenters. The summed E-state index contributed by atoms with van der Waals surface area (Å²) in [5.74, 6) is 0.489. The molecule has 0 aliphatic heterocycles. The maximum Gasteiger partial charge on any atom is 0.265 e. The molecule has 3 aromatic rings. The highest BCUT2D eigenvalue weighted by molar-refractivity contribution is 6.32. The second kappa shape index (κ2) is 10.7. The average Bonchev–Trinajstić information content (AvgIpc) is 2.76. The van der Waals surface area contributed by atoms with Gasteiger partial charge in [0.25, 0.3) is 11.8 Å². The van der Waals surface area contributed by atoms with Crippen molar-refractivity contribution in [3.63, 3.8) is 0 Å². The molecule has 0 bridgehead atoms. The maximum atomic E-state index is 12.4. The van der Waals surface area contributed by atoms with E-state index in [4.69, 9.17) is 21.1 Å². The van der Waals surface area contributed by atoms with Crippen LogP contribution in [-0.2, 0) is 9.59 Å². The number of hydrogen-bond donors (Lipinski definition) is 2. The van der Waals surface area contributed by atoms with Gasteiger partial charge in [0, 0.05) is 11.4 Å². The summed E-state index contributed by atoms with van der Waals surface area (Å²) in [4.78, 5) is 24.8. The quantitative estimate of drug-likeness (QED) is 0.475. The topological polar surface area (TPSA) is 76.7 Å². The number of para-hydroxylation sites is 1. The monoisotopic (exact) mass is 452 g/mol. The van der Waals surface area contributed by atoms with Crippen LogP contribution in [0.1, 0.15) is 19.4 Å². The Hall–Kier alpha value is -3.51. The van der Waals surface area contributed by atoms with Gasteiger partial charge in [0.1, 0.15) is 11.5 Å². The number of ether oxygens (including phenoxy) is 2. The first-order valence-corrected chi connectivity index (χ1v) is 10.6. The first-order valence-electron chi connectivity index (χ1n) is 10.2. The Labute approximate surface area is 192 Å². The predicted octanol–water partition coefficient (Wildman–Crippen LogP) is 5.46. The molecule has 2 N–H and O–H groups in total. The molecule has 0 radical (unpaired) electrons. The molecule has 166 valence electrons. The van der Waals surface area contributed by atoms with E-state index in [0.29, 0.717) is 27.9 Å². The SMILES string of the molecule is Cc1cccc(OC(C)C(=O)Nc2ccc(NC(=O)C(C)Oc3ccccc3Cl)cc2)c1. The lowest BCUT2D eigenvalue weighted by molar-refractivity contribution is -0.122. The van der Waals surface area contributed by atoms with E-state index in [1.807, 2.05) is 31.2 Å². The van der Waals surface area contributed by atoms with Crippen LogP contribution < -0.4 is 20.1 Å². The fourth-order valence-electron chi connectivity index (χ4n) is 2.86. The molecule has 0 aliphatic rings. The molecule has 0 heterocycles. The molecular formula is C25H25ClN2O4. The van der Waals surface area contributed by atoms with E-state index in [1.54, 1.807) is 62.4 Å². The van der Waals surface area contributed by atoms with Crippen molar-refractivity contribution in [1.29, 1.82) is 0 Å². The Morgan fingerprint density at radius 3 is 1.91 bits per heavy atom. The van der Waals surface area contributed by atoms with Crippen molar-refractivity contribution < 1.29 is 19.1 Å². The van der Waals surface area contributed by atoms with Gasteiger partial charge in [-0.3, -0.25) is 9.59 Å². The van der Waals surface area contributed by atoms with Gasteiger partial charge in [-0.05, 0) is 74.9 Å². The van der Waals surface area contributed by atoms with Crippen LogP contribution >= 0.6 is 11.6 Å². The van der Waals surface area contributed by atoms with Crippen molar-refractivity contribution in [2.75, 3.05) is 10.6 Å². The van der Waals surface area contributed by atoms with Gasteiger partial charge < -0.3 is 20.1 Å². The highest BCUT2D eigenvalue weighted by Gasteiger charge is 2.17. The molecule has 0 saturated heterocycles. The van der Waals surface area contributed by atoms with E-state index in [9.17, 15) is 9.59 Å². The van der Waals surface area contributed by atoms with Crippen molar-refractivity contribution in [2.45, 2.75) is 33.0 Å². The van der Waals surface area contributed by atoms with Crippen molar-refractivity contribution >= 4 is 34.8 Å². The Morgan fingerprint density at radius 2 is 1.34 bits per heavy atom. The largest absolute Gasteiger partial charge is 0.481 e. The van der Waals surface area contributed by atoms with Crippen molar-refractivity contribution in [3.05, 3.63) is 83.4 Å². The van der Waals surface area contributed by atoms with Gasteiger partial charge in [-0.1, -0.05) is 35.9 Å². The first-order chi connectivity index (χ1) is 15.3. The van der Waals surface area contributed by atoms with Crippen molar-refractivity contribution in [2.24, 2.45) is 0 Å². The van der Waals surface area contributed by atoms with Gasteiger partial charge in [0.2, 0.25) is 0 Å². The molecule has 0 saturated carbocycles. The lowest BCUT2D eigenvalue weighted by Crippen LogP contribution is -2.30. The van der Waals surface area contributed by atoms with Crippen molar-refractivity contribution in [3.8, 4) is 11.5 Å². The molecule has 3 rings (SSSR count). The van der Waals surface area contributed by atoms with Gasteiger partial charge in [0.15, 0.2) is 12.2 Å². The molecule has 0 aromatic heterocycles. The van der Waals surface area contributed by atoms with Crippen LogP contribution in [-0.4, -0.2) is 24.0 Å². The number of amides is 2. The zero-order chi connectivity index (χ0) is 23.1. The Balaban J connectivity index is 1.52. The predicted molar refractivity (Wildman–Crippen MR) is 127 cm³/mol. The number of aryl methyl sites for hydroxylation is 1. The van der Waals surface area contributed by atoms with E-state index in [1.165, 1.54) is 0 Å². The highest BCUT2D eigenvalue weighted by atomic mass is 35.5. The Bertz CT molecular complexity index is 1090. The lowest BCUT2D eigenvalue weighted by Gasteiger charge is -2.16. The van der Waals surface area contributed by atoms with E-state index in [2.05, 4.69) is 10.6 Å². The van der Waals surface area contributed by atoms with Gasteiger partial charge >= 0.3 is 0 Å². The van der Waals surface area contributed by atoms with E-state index < -0.39 is 12.2 Å². The number of carbonyl (C=O) groups excluding carboxylic acids is 2. The number of carbonyl (C=O) groups is 2. The molecule has 32 heavy (non-hydrogen) atoms. The summed E-state index contributed by atoms with van der Waals surface area (Å²) in [5, 5.41) is 6.02. The molecule has 2 amide bonds. The summed E-state index contributed by atoms with van der Waals surface area (Å²) < 4.78 is 11.3. The molecule has 0 aliphatic carbocycles. The third-order valence-corrected chi connectivity index (χ3v) is 4.91. The number of halogens is 1. The first kappa shape index (κ1) is 23.2. The minimum Gasteiger partial charge on any atom is -0.481 e. The minimum atomic E-state index is -0.742. The van der Waals surface area contributed by atoms with Gasteiger partial charge in [-0.15, -0.1) is 0 Å². The van der Waals surface area contributed by atoms with Crippen LogP contribution in [0.2, 0.25) is 5.02 Å². The summed E-state index contributed by atoms with van der Waals surface area (Å²) in [6.07, 6.45) is -1.41. The van der Waals surface area contributed by atoms with Crippen LogP contribution in [0.4, 0.5) is 11.4 Å². The molecule has 0 spiro atoms. The molecule has 7 heteroatoms. The van der Waals surface area contributed by atoms with E-state index in [0.717, 1.165) is 5.56 Å². The average molecular weight is 453 g/mol. The van der Waals surface area contributed by atoms with E-state index in [-0.39, 0.29) is 11.8 Å². The summed E-state index contributed by atoms with van der Waals surface area (Å²) in [6, 6.07) is 21.3. The summed E-state index contributed by atoms with van der Waals surface area (Å²) in [5.41, 5.74) is 2.22. The second-order valence-corrected chi connectivity index (χ2v) is 7.73. The zero-order valence-corrected chi connectivity index (χ0v) is 18.8. The van der Waals surface area contributed by atoms with Crippen LogP contribution in [0, 0.1) is 6.92 Å². The third-order valence-electron chi connectivity index (χ3n) is 4.60. The van der Waals surface area contributed by atoms with Gasteiger partial charge in [-0.25, -0.2) is 0 Å². The fraction of sp³-hybridized carbons (Fsp3) is 0.200. The molecule has 6 nitrogen and oxygen atoms in total. The van der Waals surface area contributed by atoms with Crippen LogP contribution in [0.15, 0.2) is 72.8 Å². The van der Waals surface area contributed by atoms with E-state index >= 15 is 0 Å². The number of rotatable bonds is 8. The van der Waals surface area contributed by atoms with Crippen LogP contribution in [0.5, 0.6) is 11.5 Å². The summed E-state index contributed by atoms with van der Waals surface area (Å²) in [6.45, 7) is 5.29. The Kier molecular flexibility index (Phi) is 7.73. The molecular weight excluding hydrogens is 428 g/mol. The van der Waals surface area contributed by atoms with Gasteiger partial charge in [-0.2, -0.15) is 0 Å². The zero-order valence-electron chi connectivity index (χ0n) is 18.1. The molecule has 0 fully saturated rings. The minimum absolute atomic E-state index is 0.273. The number of benzene rings is 3. The highest BCUT2D eigenvalue weighted by Crippen LogP contribution is 2.24. The lowest BCUT2D eigenvalue weighted by atomic mass is 10.2. The van der Waals surface area contributed by atoms with Crippen molar-refractivity contribution in [1.82, 2.24) is 0 Å². The number of nitrogens with one attached hydrogen (secondary N) is 2. The summed E-state index contributed by atoms with van der Waals surface area (Å²) >= 11 is 6.07. The normalized spacial score (nSPS) is 12.4. The maximum absolute atomic E-state index is 12.4. The molecule has 2 unspecified atom stereocenters. The number of hydrogen-bond acceptors (Lipinski definition) is 4. The van der Waals surface area contributed by atoms with Crippen LogP contribution in [0.3, 0.4) is 0 Å². The molecule has 3 aromatic carbocycles. The smallest absolute Gasteiger partial charge is 0.265 e. The van der Waals surface area contributed by atoms with Crippen LogP contribution in [0.25, 0.3) is 0 Å². The third kappa shape index (κ3) is 6.49. The fourth-order valence-corrected chi connectivity index (χ4v) is 3.04. The van der Waals surface area contributed by atoms with Gasteiger partial charge in [0.05, 0.1) is 5.02 Å².